The lowest BCUT2D eigenvalue weighted by Gasteiger charge is -2.16. The predicted molar refractivity (Wildman–Crippen MR) is 80.4 cm³/mol. The number of rotatable bonds is 5. The van der Waals surface area contributed by atoms with Crippen LogP contribution in [0.1, 0.15) is 36.9 Å². The number of carbonyl (C=O) groups excluding carboxylic acids is 1. The molecule has 0 heterocycles. The molecule has 1 unspecified atom stereocenters. The molecule has 0 fully saturated rings. The van der Waals surface area contributed by atoms with Crippen LogP contribution in [0.15, 0.2) is 36.4 Å². The highest BCUT2D eigenvalue weighted by atomic mass is 16.1. The van der Waals surface area contributed by atoms with Crippen LogP contribution in [-0.4, -0.2) is 12.8 Å². The predicted octanol–water partition coefficient (Wildman–Crippen LogP) is 3.78. The van der Waals surface area contributed by atoms with E-state index in [0.717, 1.165) is 6.42 Å². The van der Waals surface area contributed by atoms with Crippen molar-refractivity contribution in [1.29, 1.82) is 0 Å². The number of benzene rings is 2. The first-order valence-electron chi connectivity index (χ1n) is 6.77. The fourth-order valence-electron chi connectivity index (χ4n) is 2.43. The second-order valence-electron chi connectivity index (χ2n) is 5.19. The first-order chi connectivity index (χ1) is 9.10. The molecular formula is C17H21NO. The minimum atomic E-state index is 0.245. The van der Waals surface area contributed by atoms with Gasteiger partial charge in [-0.2, -0.15) is 0 Å². The van der Waals surface area contributed by atoms with Crippen LogP contribution in [0.5, 0.6) is 0 Å². The maximum Gasteiger partial charge on any atom is 0.129 e. The summed E-state index contributed by atoms with van der Waals surface area (Å²) in [5.41, 5.74) is 2.53. The average molecular weight is 255 g/mol. The van der Waals surface area contributed by atoms with Crippen molar-refractivity contribution in [2.45, 2.75) is 32.7 Å². The third-order valence-electron chi connectivity index (χ3n) is 3.56. The van der Waals surface area contributed by atoms with Crippen LogP contribution >= 0.6 is 0 Å². The molecule has 0 aliphatic rings. The van der Waals surface area contributed by atoms with Gasteiger partial charge in [-0.1, -0.05) is 35.9 Å². The fourth-order valence-corrected chi connectivity index (χ4v) is 2.43. The molecule has 0 aliphatic carbocycles. The summed E-state index contributed by atoms with van der Waals surface area (Å²) in [6.45, 7) is 3.76. The van der Waals surface area contributed by atoms with Crippen LogP contribution in [0.2, 0.25) is 0 Å². The van der Waals surface area contributed by atoms with Crippen LogP contribution in [0.4, 0.5) is 0 Å². The van der Waals surface area contributed by atoms with Gasteiger partial charge in [0, 0.05) is 12.5 Å². The number of Topliss-reactive ketones (excluding diaryl/α,β-unsaturated/α-hetero) is 1. The van der Waals surface area contributed by atoms with Gasteiger partial charge in [0.05, 0.1) is 0 Å². The zero-order valence-corrected chi connectivity index (χ0v) is 11.9. The molecular weight excluding hydrogens is 234 g/mol. The normalized spacial score (nSPS) is 12.6. The summed E-state index contributed by atoms with van der Waals surface area (Å²) < 4.78 is 0. The zero-order valence-electron chi connectivity index (χ0n) is 11.9. The number of hydrogen-bond acceptors (Lipinski definition) is 2. The maximum absolute atomic E-state index is 11.1. The van der Waals surface area contributed by atoms with Gasteiger partial charge in [0.2, 0.25) is 0 Å². The summed E-state index contributed by atoms with van der Waals surface area (Å²) in [6.07, 6.45) is 1.47. The lowest BCUT2D eigenvalue weighted by Crippen LogP contribution is -2.17. The van der Waals surface area contributed by atoms with E-state index in [0.29, 0.717) is 6.42 Å². The third kappa shape index (κ3) is 3.42. The Kier molecular flexibility index (Phi) is 4.33. The van der Waals surface area contributed by atoms with E-state index < -0.39 is 0 Å². The molecule has 100 valence electrons. The Hall–Kier alpha value is -1.67. The van der Waals surface area contributed by atoms with Crippen molar-refractivity contribution in [3.05, 3.63) is 47.5 Å². The monoisotopic (exact) mass is 255 g/mol. The average Bonchev–Trinajstić information content (AvgIpc) is 2.39. The van der Waals surface area contributed by atoms with E-state index in [1.54, 1.807) is 6.92 Å². The molecule has 19 heavy (non-hydrogen) atoms. The molecule has 0 amide bonds. The molecule has 2 aromatic rings. The van der Waals surface area contributed by atoms with Crippen molar-refractivity contribution in [1.82, 2.24) is 5.32 Å². The van der Waals surface area contributed by atoms with E-state index in [-0.39, 0.29) is 11.8 Å². The van der Waals surface area contributed by atoms with Gasteiger partial charge in [0.1, 0.15) is 5.78 Å². The number of ketones is 1. The second kappa shape index (κ2) is 5.98. The topological polar surface area (TPSA) is 29.1 Å². The van der Waals surface area contributed by atoms with Gasteiger partial charge in [-0.3, -0.25) is 0 Å². The van der Waals surface area contributed by atoms with Crippen LogP contribution in [0, 0.1) is 6.92 Å². The van der Waals surface area contributed by atoms with Crippen LogP contribution in [0.3, 0.4) is 0 Å². The van der Waals surface area contributed by atoms with Crippen LogP contribution in [0.25, 0.3) is 10.8 Å². The van der Waals surface area contributed by atoms with Crippen molar-refractivity contribution in [2.75, 3.05) is 7.05 Å². The first kappa shape index (κ1) is 13.8. The second-order valence-corrected chi connectivity index (χ2v) is 5.19. The Morgan fingerprint density at radius 3 is 2.53 bits per heavy atom. The van der Waals surface area contributed by atoms with Crippen molar-refractivity contribution in [3.8, 4) is 0 Å². The highest BCUT2D eigenvalue weighted by Gasteiger charge is 2.10. The van der Waals surface area contributed by atoms with Crippen molar-refractivity contribution in [3.63, 3.8) is 0 Å². The van der Waals surface area contributed by atoms with Gasteiger partial charge in [0.15, 0.2) is 0 Å². The molecule has 0 bridgehead atoms. The van der Waals surface area contributed by atoms with E-state index in [4.69, 9.17) is 0 Å². The minimum Gasteiger partial charge on any atom is -0.313 e. The molecule has 0 saturated carbocycles. The minimum absolute atomic E-state index is 0.245. The van der Waals surface area contributed by atoms with Crippen LogP contribution in [-0.2, 0) is 4.79 Å². The Labute approximate surface area is 114 Å². The number of nitrogens with one attached hydrogen (secondary N) is 1. The van der Waals surface area contributed by atoms with E-state index >= 15 is 0 Å². The van der Waals surface area contributed by atoms with E-state index in [2.05, 4.69) is 48.6 Å². The molecule has 0 radical (unpaired) electrons. The van der Waals surface area contributed by atoms with E-state index in [1.165, 1.54) is 21.9 Å². The first-order valence-corrected chi connectivity index (χ1v) is 6.77. The number of hydrogen-bond donors (Lipinski definition) is 1. The largest absolute Gasteiger partial charge is 0.313 e. The molecule has 2 nitrogen and oxygen atoms in total. The summed E-state index contributed by atoms with van der Waals surface area (Å²) in [4.78, 5) is 11.1. The fraction of sp³-hybridized carbons (Fsp3) is 0.353. The van der Waals surface area contributed by atoms with E-state index in [9.17, 15) is 4.79 Å². The van der Waals surface area contributed by atoms with Crippen LogP contribution < -0.4 is 5.32 Å². The smallest absolute Gasteiger partial charge is 0.129 e. The molecule has 1 N–H and O–H groups in total. The molecule has 0 aromatic heterocycles. The van der Waals surface area contributed by atoms with Gasteiger partial charge >= 0.3 is 0 Å². The summed E-state index contributed by atoms with van der Waals surface area (Å²) >= 11 is 0. The summed E-state index contributed by atoms with van der Waals surface area (Å²) in [6, 6.07) is 13.3. The third-order valence-corrected chi connectivity index (χ3v) is 3.56. The SMILES string of the molecule is CNC(CCC(C)=O)c1ccc2cc(C)ccc2c1. The van der Waals surface area contributed by atoms with Gasteiger partial charge < -0.3 is 10.1 Å². The molecule has 1 atom stereocenters. The van der Waals surface area contributed by atoms with Gasteiger partial charge in [0.25, 0.3) is 0 Å². The molecule has 0 aliphatic heterocycles. The van der Waals surface area contributed by atoms with Crippen molar-refractivity contribution in [2.24, 2.45) is 0 Å². The molecule has 0 spiro atoms. The Morgan fingerprint density at radius 1 is 1.16 bits per heavy atom. The number of carbonyl (C=O) groups is 1. The van der Waals surface area contributed by atoms with Gasteiger partial charge in [-0.05, 0) is 49.7 Å². The molecule has 2 heteroatoms. The van der Waals surface area contributed by atoms with Gasteiger partial charge in [-0.15, -0.1) is 0 Å². The van der Waals surface area contributed by atoms with E-state index in [1.807, 2.05) is 7.05 Å². The Balaban J connectivity index is 2.28. The molecule has 2 aromatic carbocycles. The highest BCUT2D eigenvalue weighted by molar-refractivity contribution is 5.84. The maximum atomic E-state index is 11.1. The molecule has 2 rings (SSSR count). The molecule has 0 saturated heterocycles. The van der Waals surface area contributed by atoms with Gasteiger partial charge in [-0.25, -0.2) is 0 Å². The zero-order chi connectivity index (χ0) is 13.8. The standard InChI is InChI=1S/C17H21NO/c1-12-4-6-15-11-16(8-7-14(15)10-12)17(18-3)9-5-13(2)19/h4,6-8,10-11,17-18H,5,9H2,1-3H3. The number of fused-ring (bicyclic) bond motifs is 1. The summed E-state index contributed by atoms with van der Waals surface area (Å²) in [5, 5.41) is 5.82. The van der Waals surface area contributed by atoms with Crippen molar-refractivity contribution >= 4 is 16.6 Å². The van der Waals surface area contributed by atoms with Crippen molar-refractivity contribution < 1.29 is 4.79 Å². The lowest BCUT2D eigenvalue weighted by molar-refractivity contribution is -0.117. The Bertz CT molecular complexity index is 589. The highest BCUT2D eigenvalue weighted by Crippen LogP contribution is 2.24. The quantitative estimate of drug-likeness (QED) is 0.881. The number of aryl methyl sites for hydroxylation is 1. The summed E-state index contributed by atoms with van der Waals surface area (Å²) in [7, 11) is 1.95. The Morgan fingerprint density at radius 2 is 1.84 bits per heavy atom. The lowest BCUT2D eigenvalue weighted by atomic mass is 9.97. The summed E-state index contributed by atoms with van der Waals surface area (Å²) in [5.74, 6) is 0.247.